The third-order valence-electron chi connectivity index (χ3n) is 5.41. The fourth-order valence-electron chi connectivity index (χ4n) is 3.71. The molecule has 2 fully saturated rings. The smallest absolute Gasteiger partial charge is 0.253 e. The summed E-state index contributed by atoms with van der Waals surface area (Å²) in [6.45, 7) is 4.76. The minimum absolute atomic E-state index is 0.112. The lowest BCUT2D eigenvalue weighted by molar-refractivity contribution is 0.0711. The van der Waals surface area contributed by atoms with Crippen molar-refractivity contribution in [2.45, 2.75) is 62.3 Å². The van der Waals surface area contributed by atoms with Crippen LogP contribution in [-0.4, -0.2) is 53.5 Å². The van der Waals surface area contributed by atoms with Gasteiger partial charge in [0.15, 0.2) is 5.82 Å². The van der Waals surface area contributed by atoms with Gasteiger partial charge in [0, 0.05) is 36.5 Å². The minimum atomic E-state index is -3.63. The zero-order chi connectivity index (χ0) is 20.6. The summed E-state index contributed by atoms with van der Waals surface area (Å²) in [5.41, 5.74) is 0.394. The first-order valence-corrected chi connectivity index (χ1v) is 11.7. The highest BCUT2D eigenvalue weighted by Gasteiger charge is 2.31. The molecule has 8 nitrogen and oxygen atoms in total. The van der Waals surface area contributed by atoms with E-state index in [4.69, 9.17) is 0 Å². The second-order valence-corrected chi connectivity index (χ2v) is 9.94. The lowest BCUT2D eigenvalue weighted by Gasteiger charge is -2.31. The van der Waals surface area contributed by atoms with E-state index in [0.29, 0.717) is 24.6 Å². The molecule has 1 saturated heterocycles. The number of hydrogen-bond acceptors (Lipinski definition) is 5. The summed E-state index contributed by atoms with van der Waals surface area (Å²) in [6.07, 6.45) is 3.98. The highest BCUT2D eigenvalue weighted by atomic mass is 32.2. The fraction of sp³-hybridized carbons (Fsp3) is 0.550. The van der Waals surface area contributed by atoms with Gasteiger partial charge in [-0.15, -0.1) is 0 Å². The lowest BCUT2D eigenvalue weighted by atomic mass is 9.95. The topological polar surface area (TPSA) is 108 Å². The van der Waals surface area contributed by atoms with Gasteiger partial charge in [-0.05, 0) is 57.7 Å². The molecule has 2 aromatic rings. The Labute approximate surface area is 171 Å². The van der Waals surface area contributed by atoms with Crippen LogP contribution >= 0.6 is 0 Å². The number of aromatic nitrogens is 3. The molecule has 1 aliphatic heterocycles. The van der Waals surface area contributed by atoms with Crippen LogP contribution in [0.2, 0.25) is 0 Å². The van der Waals surface area contributed by atoms with Crippen molar-refractivity contribution in [3.05, 3.63) is 41.5 Å². The van der Waals surface area contributed by atoms with E-state index in [-0.39, 0.29) is 22.8 Å². The number of nitrogens with one attached hydrogen (secondary N) is 2. The van der Waals surface area contributed by atoms with Crippen LogP contribution in [0.25, 0.3) is 0 Å². The van der Waals surface area contributed by atoms with Crippen LogP contribution < -0.4 is 4.72 Å². The Hall–Kier alpha value is -2.26. The van der Waals surface area contributed by atoms with E-state index in [2.05, 4.69) is 19.9 Å². The maximum Gasteiger partial charge on any atom is 0.253 e. The van der Waals surface area contributed by atoms with Crippen molar-refractivity contribution in [1.29, 1.82) is 0 Å². The summed E-state index contributed by atoms with van der Waals surface area (Å²) >= 11 is 0. The van der Waals surface area contributed by atoms with Crippen LogP contribution in [-0.2, 0) is 10.0 Å². The maximum atomic E-state index is 12.9. The Morgan fingerprint density at radius 1 is 1.17 bits per heavy atom. The highest BCUT2D eigenvalue weighted by Crippen LogP contribution is 2.38. The van der Waals surface area contributed by atoms with E-state index in [9.17, 15) is 13.2 Å². The maximum absolute atomic E-state index is 12.9. The van der Waals surface area contributed by atoms with Gasteiger partial charge in [-0.3, -0.25) is 9.89 Å². The van der Waals surface area contributed by atoms with Crippen molar-refractivity contribution in [2.24, 2.45) is 0 Å². The zero-order valence-corrected chi connectivity index (χ0v) is 17.6. The summed E-state index contributed by atoms with van der Waals surface area (Å²) in [4.78, 5) is 19.5. The Balaban J connectivity index is 1.41. The number of H-pyrrole nitrogens is 1. The van der Waals surface area contributed by atoms with Gasteiger partial charge in [0.2, 0.25) is 10.0 Å². The average molecular weight is 418 g/mol. The first-order chi connectivity index (χ1) is 13.8. The molecular formula is C20H27N5O3S. The number of nitrogens with zero attached hydrogens (tertiary/aromatic N) is 3. The summed E-state index contributed by atoms with van der Waals surface area (Å²) in [5, 5.41) is 7.40. The molecule has 1 aromatic carbocycles. The molecule has 1 amide bonds. The Kier molecular flexibility index (Phi) is 5.44. The average Bonchev–Trinajstić information content (AvgIpc) is 3.43. The molecule has 1 aliphatic carbocycles. The SMILES string of the molecule is CC(C)NS(=O)(=O)c1cccc(C(=O)N2CCC(c3nc(C4CC4)n[nH]3)CC2)c1. The van der Waals surface area contributed by atoms with E-state index in [1.165, 1.54) is 25.0 Å². The molecule has 0 atom stereocenters. The molecule has 29 heavy (non-hydrogen) atoms. The third kappa shape index (κ3) is 4.51. The number of rotatable bonds is 6. The number of amides is 1. The zero-order valence-electron chi connectivity index (χ0n) is 16.8. The van der Waals surface area contributed by atoms with Crippen LogP contribution in [0.5, 0.6) is 0 Å². The molecule has 9 heteroatoms. The number of carbonyl (C=O) groups is 1. The summed E-state index contributed by atoms with van der Waals surface area (Å²) < 4.78 is 27.3. The van der Waals surface area contributed by atoms with Crippen molar-refractivity contribution in [3.8, 4) is 0 Å². The molecule has 1 saturated carbocycles. The van der Waals surface area contributed by atoms with Crippen LogP contribution in [0.4, 0.5) is 0 Å². The lowest BCUT2D eigenvalue weighted by Crippen LogP contribution is -2.38. The van der Waals surface area contributed by atoms with Gasteiger partial charge >= 0.3 is 0 Å². The standard InChI is InChI=1S/C20H27N5O3S/c1-13(2)24-29(27,28)17-5-3-4-16(12-17)20(26)25-10-8-15(9-11-25)19-21-18(22-23-19)14-6-7-14/h3-5,12-15,24H,6-11H2,1-2H3,(H,21,22,23). The second-order valence-electron chi connectivity index (χ2n) is 8.22. The molecule has 2 heterocycles. The number of carbonyl (C=O) groups excluding carboxylic acids is 1. The van der Waals surface area contributed by atoms with Gasteiger partial charge in [-0.25, -0.2) is 18.1 Å². The molecule has 0 bridgehead atoms. The number of likely N-dealkylation sites (tertiary alicyclic amines) is 1. The molecule has 0 radical (unpaired) electrons. The van der Waals surface area contributed by atoms with E-state index < -0.39 is 10.0 Å². The normalized spacial score (nSPS) is 18.4. The van der Waals surface area contributed by atoms with Crippen molar-refractivity contribution in [3.63, 3.8) is 0 Å². The molecule has 1 aromatic heterocycles. The number of sulfonamides is 1. The fourth-order valence-corrected chi connectivity index (χ4v) is 5.00. The number of hydrogen-bond donors (Lipinski definition) is 2. The second kappa shape index (κ2) is 7.87. The Morgan fingerprint density at radius 3 is 2.55 bits per heavy atom. The Bertz CT molecular complexity index is 989. The van der Waals surface area contributed by atoms with Gasteiger partial charge in [-0.2, -0.15) is 5.10 Å². The van der Waals surface area contributed by atoms with E-state index in [1.807, 2.05) is 0 Å². The van der Waals surface area contributed by atoms with Crippen molar-refractivity contribution >= 4 is 15.9 Å². The van der Waals surface area contributed by atoms with Crippen LogP contribution in [0.3, 0.4) is 0 Å². The number of benzene rings is 1. The number of piperidine rings is 1. The molecule has 2 N–H and O–H groups in total. The predicted molar refractivity (Wildman–Crippen MR) is 108 cm³/mol. The molecule has 0 unspecified atom stereocenters. The van der Waals surface area contributed by atoms with E-state index >= 15 is 0 Å². The van der Waals surface area contributed by atoms with Gasteiger partial charge < -0.3 is 4.90 Å². The van der Waals surface area contributed by atoms with Gasteiger partial charge in [-0.1, -0.05) is 6.07 Å². The monoisotopic (exact) mass is 417 g/mol. The van der Waals surface area contributed by atoms with E-state index in [1.54, 1.807) is 30.9 Å². The highest BCUT2D eigenvalue weighted by molar-refractivity contribution is 7.89. The third-order valence-corrected chi connectivity index (χ3v) is 7.07. The number of aromatic amines is 1. The first kappa shape index (κ1) is 20.0. The van der Waals surface area contributed by atoms with Crippen LogP contribution in [0.15, 0.2) is 29.2 Å². The summed E-state index contributed by atoms with van der Waals surface area (Å²) in [5.74, 6) is 2.51. The van der Waals surface area contributed by atoms with Gasteiger partial charge in [0.25, 0.3) is 5.91 Å². The van der Waals surface area contributed by atoms with Crippen molar-refractivity contribution in [2.75, 3.05) is 13.1 Å². The van der Waals surface area contributed by atoms with Crippen LogP contribution in [0.1, 0.15) is 73.4 Å². The van der Waals surface area contributed by atoms with E-state index in [0.717, 1.165) is 24.5 Å². The largest absolute Gasteiger partial charge is 0.339 e. The van der Waals surface area contributed by atoms with Gasteiger partial charge in [0.05, 0.1) is 4.90 Å². The van der Waals surface area contributed by atoms with Crippen LogP contribution in [0, 0.1) is 0 Å². The quantitative estimate of drug-likeness (QED) is 0.750. The summed E-state index contributed by atoms with van der Waals surface area (Å²) in [6, 6.07) is 6.03. The minimum Gasteiger partial charge on any atom is -0.339 e. The predicted octanol–water partition coefficient (Wildman–Crippen LogP) is 2.39. The Morgan fingerprint density at radius 2 is 1.90 bits per heavy atom. The molecule has 4 rings (SSSR count). The van der Waals surface area contributed by atoms with Crippen molar-refractivity contribution in [1.82, 2.24) is 24.8 Å². The molecule has 156 valence electrons. The molecular weight excluding hydrogens is 390 g/mol. The molecule has 2 aliphatic rings. The first-order valence-electron chi connectivity index (χ1n) is 10.2. The summed E-state index contributed by atoms with van der Waals surface area (Å²) in [7, 11) is -3.63. The van der Waals surface area contributed by atoms with Gasteiger partial charge in [0.1, 0.15) is 5.82 Å². The molecule has 0 spiro atoms. The van der Waals surface area contributed by atoms with Crippen molar-refractivity contribution < 1.29 is 13.2 Å².